The molecule has 0 saturated heterocycles. The van der Waals surface area contributed by atoms with E-state index in [2.05, 4.69) is 11.9 Å². The van der Waals surface area contributed by atoms with Crippen LogP contribution in [0.5, 0.6) is 0 Å². The average molecular weight is 227 g/mol. The lowest BCUT2D eigenvalue weighted by Crippen LogP contribution is -2.33. The van der Waals surface area contributed by atoms with Gasteiger partial charge in [0.25, 0.3) is 0 Å². The highest BCUT2D eigenvalue weighted by Gasteiger charge is 2.19. The molecule has 84 valence electrons. The zero-order valence-electron chi connectivity index (χ0n) is 8.08. The van der Waals surface area contributed by atoms with Crippen LogP contribution in [0.15, 0.2) is 24.8 Å². The van der Waals surface area contributed by atoms with Crippen molar-refractivity contribution in [3.8, 4) is 0 Å². The van der Waals surface area contributed by atoms with Gasteiger partial charge in [-0.05, 0) is 12.1 Å². The first-order valence-corrected chi connectivity index (χ1v) is 4.24. The van der Waals surface area contributed by atoms with E-state index in [1.54, 1.807) is 0 Å². The van der Waals surface area contributed by atoms with Gasteiger partial charge in [-0.15, -0.1) is 0 Å². The Morgan fingerprint density at radius 3 is 2.50 bits per heavy atom. The lowest BCUT2D eigenvalue weighted by atomic mass is 9.79. The van der Waals surface area contributed by atoms with Crippen molar-refractivity contribution >= 4 is 24.2 Å². The van der Waals surface area contributed by atoms with Gasteiger partial charge in [-0.3, -0.25) is 4.79 Å². The fourth-order valence-corrected chi connectivity index (χ4v) is 1.04. The first-order chi connectivity index (χ1) is 7.45. The molecule has 0 aliphatic rings. The number of nitrogens with one attached hydrogen (secondary N) is 1. The molecule has 1 aromatic rings. The predicted octanol–water partition coefficient (Wildman–Crippen LogP) is -0.231. The summed E-state index contributed by atoms with van der Waals surface area (Å²) in [5.74, 6) is -2.81. The van der Waals surface area contributed by atoms with Crippen LogP contribution in [-0.4, -0.2) is 23.1 Å². The van der Waals surface area contributed by atoms with Gasteiger partial charge in [0, 0.05) is 11.5 Å². The van der Waals surface area contributed by atoms with Gasteiger partial charge in [-0.1, -0.05) is 6.58 Å². The Balaban J connectivity index is 3.14. The monoisotopic (exact) mass is 227 g/mol. The van der Waals surface area contributed by atoms with Crippen LogP contribution >= 0.6 is 0 Å². The molecule has 3 N–H and O–H groups in total. The van der Waals surface area contributed by atoms with Crippen molar-refractivity contribution in [2.24, 2.45) is 0 Å². The SMILES string of the molecule is C=CC(=O)Nc1cc(B(O)O)c(F)cc1F. The number of carbonyl (C=O) groups is 1. The molecule has 0 unspecified atom stereocenters. The van der Waals surface area contributed by atoms with Gasteiger partial charge < -0.3 is 15.4 Å². The summed E-state index contributed by atoms with van der Waals surface area (Å²) in [5, 5.41) is 19.6. The Morgan fingerprint density at radius 2 is 2.00 bits per heavy atom. The fraction of sp³-hybridized carbons (Fsp3) is 0. The Kier molecular flexibility index (Phi) is 3.75. The van der Waals surface area contributed by atoms with Gasteiger partial charge in [0.15, 0.2) is 0 Å². The summed E-state index contributed by atoms with van der Waals surface area (Å²) in [6.45, 7) is 3.15. The maximum Gasteiger partial charge on any atom is 0.491 e. The highest BCUT2D eigenvalue weighted by Crippen LogP contribution is 2.13. The van der Waals surface area contributed by atoms with Gasteiger partial charge in [0.05, 0.1) is 5.69 Å². The van der Waals surface area contributed by atoms with Gasteiger partial charge in [0.1, 0.15) is 11.6 Å². The molecule has 0 aromatic heterocycles. The van der Waals surface area contributed by atoms with Crippen LogP contribution in [0.4, 0.5) is 14.5 Å². The Morgan fingerprint density at radius 1 is 1.38 bits per heavy atom. The van der Waals surface area contributed by atoms with Crippen molar-refractivity contribution in [2.75, 3.05) is 5.32 Å². The largest absolute Gasteiger partial charge is 0.491 e. The molecule has 0 aliphatic carbocycles. The van der Waals surface area contributed by atoms with Crippen molar-refractivity contribution in [1.82, 2.24) is 0 Å². The van der Waals surface area contributed by atoms with Gasteiger partial charge in [-0.2, -0.15) is 0 Å². The number of halogens is 2. The third-order valence-electron chi connectivity index (χ3n) is 1.81. The summed E-state index contributed by atoms with van der Waals surface area (Å²) < 4.78 is 26.1. The number of carbonyl (C=O) groups excluding carboxylic acids is 1. The smallest absolute Gasteiger partial charge is 0.423 e. The highest BCUT2D eigenvalue weighted by molar-refractivity contribution is 6.58. The summed E-state index contributed by atoms with van der Waals surface area (Å²) in [4.78, 5) is 10.9. The normalized spacial score (nSPS) is 9.75. The quantitative estimate of drug-likeness (QED) is 0.493. The van der Waals surface area contributed by atoms with Crippen molar-refractivity contribution < 1.29 is 23.6 Å². The van der Waals surface area contributed by atoms with E-state index in [0.717, 1.165) is 12.1 Å². The summed E-state index contributed by atoms with van der Waals surface area (Å²) in [6, 6.07) is 1.25. The van der Waals surface area contributed by atoms with E-state index >= 15 is 0 Å². The molecule has 1 rings (SSSR count). The van der Waals surface area contributed by atoms with Crippen LogP contribution in [0, 0.1) is 11.6 Å². The van der Waals surface area contributed by atoms with Gasteiger partial charge >= 0.3 is 7.12 Å². The molecule has 16 heavy (non-hydrogen) atoms. The van der Waals surface area contributed by atoms with Crippen LogP contribution < -0.4 is 10.8 Å². The molecule has 0 fully saturated rings. The Hall–Kier alpha value is -1.73. The van der Waals surface area contributed by atoms with E-state index in [0.29, 0.717) is 6.07 Å². The van der Waals surface area contributed by atoms with Crippen LogP contribution in [0.1, 0.15) is 0 Å². The second-order valence-electron chi connectivity index (χ2n) is 2.92. The fourth-order valence-electron chi connectivity index (χ4n) is 1.04. The van der Waals surface area contributed by atoms with Crippen molar-refractivity contribution in [1.29, 1.82) is 0 Å². The number of benzene rings is 1. The molecule has 0 aliphatic heterocycles. The number of hydrogen-bond donors (Lipinski definition) is 3. The Labute approximate surface area is 90.4 Å². The van der Waals surface area contributed by atoms with E-state index in [-0.39, 0.29) is 5.69 Å². The molecule has 1 amide bonds. The van der Waals surface area contributed by atoms with Crippen LogP contribution in [-0.2, 0) is 4.79 Å². The molecule has 1 aromatic carbocycles. The first-order valence-electron chi connectivity index (χ1n) is 4.24. The second kappa shape index (κ2) is 4.87. The molecular formula is C9H8BF2NO3. The van der Waals surface area contributed by atoms with Crippen LogP contribution in [0.25, 0.3) is 0 Å². The average Bonchev–Trinajstić information content (AvgIpc) is 2.21. The van der Waals surface area contributed by atoms with E-state index in [4.69, 9.17) is 10.0 Å². The van der Waals surface area contributed by atoms with Gasteiger partial charge in [-0.25, -0.2) is 8.78 Å². The number of rotatable bonds is 3. The minimum absolute atomic E-state index is 0.352. The van der Waals surface area contributed by atoms with E-state index < -0.39 is 30.1 Å². The Bertz CT molecular complexity index is 437. The zero-order valence-corrected chi connectivity index (χ0v) is 8.08. The predicted molar refractivity (Wildman–Crippen MR) is 55.0 cm³/mol. The van der Waals surface area contributed by atoms with Crippen molar-refractivity contribution in [3.05, 3.63) is 36.4 Å². The highest BCUT2D eigenvalue weighted by atomic mass is 19.1. The summed E-state index contributed by atoms with van der Waals surface area (Å²) in [5.41, 5.74) is -0.879. The maximum absolute atomic E-state index is 13.1. The topological polar surface area (TPSA) is 69.6 Å². The van der Waals surface area contributed by atoms with E-state index in [9.17, 15) is 13.6 Å². The summed E-state index contributed by atoms with van der Waals surface area (Å²) in [6.07, 6.45) is 0.901. The molecule has 0 spiro atoms. The molecule has 0 saturated carbocycles. The minimum Gasteiger partial charge on any atom is -0.423 e. The lowest BCUT2D eigenvalue weighted by molar-refractivity contribution is -0.111. The third kappa shape index (κ3) is 2.65. The standard InChI is InChI=1S/C9H8BF2NO3/c1-2-9(14)13-8-3-5(10(15)16)6(11)4-7(8)12/h2-4,15-16H,1H2,(H,13,14). The second-order valence-corrected chi connectivity index (χ2v) is 2.92. The first kappa shape index (κ1) is 12.3. The number of amides is 1. The maximum atomic E-state index is 13.1. The molecular weight excluding hydrogens is 219 g/mol. The van der Waals surface area contributed by atoms with E-state index in [1.165, 1.54) is 0 Å². The van der Waals surface area contributed by atoms with Crippen LogP contribution in [0.2, 0.25) is 0 Å². The summed E-state index contributed by atoms with van der Waals surface area (Å²) in [7, 11) is -2.08. The molecule has 0 heterocycles. The third-order valence-corrected chi connectivity index (χ3v) is 1.81. The summed E-state index contributed by atoms with van der Waals surface area (Å²) >= 11 is 0. The molecule has 0 bridgehead atoms. The molecule has 0 radical (unpaired) electrons. The number of hydrogen-bond acceptors (Lipinski definition) is 3. The lowest BCUT2D eigenvalue weighted by Gasteiger charge is -2.07. The zero-order chi connectivity index (χ0) is 12.3. The van der Waals surface area contributed by atoms with Crippen molar-refractivity contribution in [3.63, 3.8) is 0 Å². The van der Waals surface area contributed by atoms with Gasteiger partial charge in [0.2, 0.25) is 5.91 Å². The molecule has 0 atom stereocenters. The minimum atomic E-state index is -2.08. The molecule has 7 heteroatoms. The van der Waals surface area contributed by atoms with Crippen LogP contribution in [0.3, 0.4) is 0 Å². The van der Waals surface area contributed by atoms with E-state index in [1.807, 2.05) is 0 Å². The number of anilines is 1. The van der Waals surface area contributed by atoms with Crippen molar-refractivity contribution in [2.45, 2.75) is 0 Å². The molecule has 4 nitrogen and oxygen atoms in total.